The number of nitrogens with zero attached hydrogens (tertiary/aromatic N) is 1. The Kier molecular flexibility index (Phi) is 4.64. The van der Waals surface area contributed by atoms with Gasteiger partial charge in [0.1, 0.15) is 12.6 Å². The van der Waals surface area contributed by atoms with Crippen LogP contribution < -0.4 is 5.32 Å². The van der Waals surface area contributed by atoms with Gasteiger partial charge in [0.05, 0.1) is 5.56 Å². The van der Waals surface area contributed by atoms with Crippen LogP contribution in [0.3, 0.4) is 0 Å². The molecule has 0 bridgehead atoms. The Morgan fingerprint density at radius 3 is 2.85 bits per heavy atom. The molecule has 20 heavy (non-hydrogen) atoms. The van der Waals surface area contributed by atoms with Crippen molar-refractivity contribution >= 4 is 51.9 Å². The van der Waals surface area contributed by atoms with Crippen LogP contribution in [-0.2, 0) is 9.59 Å². The average molecular weight is 407 g/mol. The molecule has 3 amide bonds. The molecule has 0 spiro atoms. The zero-order valence-electron chi connectivity index (χ0n) is 10.7. The Balaban J connectivity index is 2.37. The van der Waals surface area contributed by atoms with Gasteiger partial charge >= 0.3 is 0 Å². The van der Waals surface area contributed by atoms with E-state index in [-0.39, 0.29) is 12.5 Å². The highest BCUT2D eigenvalue weighted by Crippen LogP contribution is 2.22. The van der Waals surface area contributed by atoms with Gasteiger partial charge in [0.15, 0.2) is 0 Å². The van der Waals surface area contributed by atoms with E-state index in [4.69, 9.17) is 11.6 Å². The van der Waals surface area contributed by atoms with E-state index in [1.165, 1.54) is 4.90 Å². The summed E-state index contributed by atoms with van der Waals surface area (Å²) in [5, 5.41) is 2.68. The van der Waals surface area contributed by atoms with E-state index < -0.39 is 17.9 Å². The number of carbonyl (C=O) groups is 3. The maximum absolute atomic E-state index is 12.6. The first kappa shape index (κ1) is 15.2. The molecule has 106 valence electrons. The summed E-state index contributed by atoms with van der Waals surface area (Å²) in [6, 6.07) is 4.33. The van der Waals surface area contributed by atoms with Gasteiger partial charge in [-0.3, -0.25) is 19.7 Å². The van der Waals surface area contributed by atoms with Crippen LogP contribution >= 0.6 is 34.2 Å². The number of nitrogens with one attached hydrogen (secondary N) is 1. The zero-order chi connectivity index (χ0) is 14.9. The fraction of sp³-hybridized carbons (Fsp3) is 0.308. The fourth-order valence-corrected chi connectivity index (χ4v) is 2.84. The molecule has 0 saturated carbocycles. The zero-order valence-corrected chi connectivity index (χ0v) is 13.6. The number of piperazine rings is 1. The summed E-state index contributed by atoms with van der Waals surface area (Å²) in [5.74, 6) is -1.26. The van der Waals surface area contributed by atoms with Gasteiger partial charge < -0.3 is 4.90 Å². The van der Waals surface area contributed by atoms with Crippen molar-refractivity contribution in [1.82, 2.24) is 10.2 Å². The third-order valence-electron chi connectivity index (χ3n) is 3.06. The largest absolute Gasteiger partial charge is 0.317 e. The van der Waals surface area contributed by atoms with E-state index in [9.17, 15) is 14.4 Å². The second-order valence-corrected chi connectivity index (χ2v) is 5.99. The smallest absolute Gasteiger partial charge is 0.256 e. The molecule has 1 atom stereocenters. The highest BCUT2D eigenvalue weighted by Gasteiger charge is 2.36. The minimum absolute atomic E-state index is 0.119. The second-order valence-electron chi connectivity index (χ2n) is 4.39. The summed E-state index contributed by atoms with van der Waals surface area (Å²) in [6.07, 6.45) is 0.446. The lowest BCUT2D eigenvalue weighted by Gasteiger charge is -2.33. The molecule has 0 radical (unpaired) electrons. The quantitative estimate of drug-likeness (QED) is 0.602. The molecule has 1 N–H and O–H groups in total. The predicted octanol–water partition coefficient (Wildman–Crippen LogP) is 1.82. The molecule has 5 nitrogen and oxygen atoms in total. The van der Waals surface area contributed by atoms with Gasteiger partial charge in [-0.25, -0.2) is 0 Å². The lowest BCUT2D eigenvalue weighted by atomic mass is 10.1. The van der Waals surface area contributed by atoms with Crippen molar-refractivity contribution in [3.63, 3.8) is 0 Å². The van der Waals surface area contributed by atoms with E-state index in [1.54, 1.807) is 25.1 Å². The molecule has 2 rings (SSSR count). The lowest BCUT2D eigenvalue weighted by Crippen LogP contribution is -2.59. The number of halogens is 2. The molecule has 7 heteroatoms. The van der Waals surface area contributed by atoms with Crippen molar-refractivity contribution in [3.05, 3.63) is 32.4 Å². The van der Waals surface area contributed by atoms with Gasteiger partial charge in [-0.2, -0.15) is 0 Å². The van der Waals surface area contributed by atoms with Crippen LogP contribution in [0.4, 0.5) is 0 Å². The first-order valence-electron chi connectivity index (χ1n) is 6.03. The van der Waals surface area contributed by atoms with Gasteiger partial charge in [-0.1, -0.05) is 18.5 Å². The summed E-state index contributed by atoms with van der Waals surface area (Å²) in [7, 11) is 0. The lowest BCUT2D eigenvalue weighted by molar-refractivity contribution is -0.138. The highest BCUT2D eigenvalue weighted by molar-refractivity contribution is 14.1. The van der Waals surface area contributed by atoms with Crippen molar-refractivity contribution in [3.8, 4) is 0 Å². The molecule has 1 heterocycles. The summed E-state index contributed by atoms with van der Waals surface area (Å²) in [4.78, 5) is 37.1. The minimum atomic E-state index is -0.630. The van der Waals surface area contributed by atoms with Crippen LogP contribution in [0.25, 0.3) is 0 Å². The Morgan fingerprint density at radius 2 is 2.20 bits per heavy atom. The third-order valence-corrected chi connectivity index (χ3v) is 4.24. The average Bonchev–Trinajstić information content (AvgIpc) is 2.40. The number of carbonyl (C=O) groups excluding carboxylic acids is 3. The number of benzene rings is 1. The van der Waals surface area contributed by atoms with Crippen LogP contribution in [0, 0.1) is 3.57 Å². The van der Waals surface area contributed by atoms with Gasteiger partial charge in [-0.05, 0) is 47.2 Å². The topological polar surface area (TPSA) is 66.5 Å². The molecule has 0 aliphatic carbocycles. The third kappa shape index (κ3) is 2.95. The number of amides is 3. The van der Waals surface area contributed by atoms with Gasteiger partial charge in [0.25, 0.3) is 5.91 Å². The normalized spacial score (nSPS) is 18.9. The van der Waals surface area contributed by atoms with Crippen molar-refractivity contribution in [2.45, 2.75) is 19.4 Å². The first-order valence-corrected chi connectivity index (χ1v) is 7.49. The van der Waals surface area contributed by atoms with Crippen LogP contribution in [0.2, 0.25) is 5.02 Å². The monoisotopic (exact) mass is 406 g/mol. The molecule has 1 aromatic carbocycles. The van der Waals surface area contributed by atoms with E-state index in [0.717, 1.165) is 3.57 Å². The Bertz CT molecular complexity index is 591. The van der Waals surface area contributed by atoms with Crippen molar-refractivity contribution in [2.75, 3.05) is 6.54 Å². The van der Waals surface area contributed by atoms with Gasteiger partial charge in [-0.15, -0.1) is 0 Å². The maximum Gasteiger partial charge on any atom is 0.256 e. The minimum Gasteiger partial charge on any atom is -0.317 e. The number of rotatable bonds is 2. The van der Waals surface area contributed by atoms with Gasteiger partial charge in [0.2, 0.25) is 11.8 Å². The number of hydrogen-bond donors (Lipinski definition) is 1. The van der Waals surface area contributed by atoms with Crippen LogP contribution in [0.5, 0.6) is 0 Å². The van der Waals surface area contributed by atoms with Crippen LogP contribution in [-0.4, -0.2) is 35.2 Å². The van der Waals surface area contributed by atoms with Gasteiger partial charge in [0, 0.05) is 8.59 Å². The van der Waals surface area contributed by atoms with E-state index in [1.807, 2.05) is 22.6 Å². The molecular formula is C13H12ClIN2O3. The maximum atomic E-state index is 12.6. The summed E-state index contributed by atoms with van der Waals surface area (Å²) in [5.41, 5.74) is 0.402. The molecular weight excluding hydrogens is 395 g/mol. The standard InChI is InChI=1S/C13H12ClIN2O3/c1-2-10-12(19)16-11(18)6-17(10)13(20)8-5-7(14)3-4-9(8)15/h3-5,10H,2,6H2,1H3,(H,16,18,19). The molecule has 1 unspecified atom stereocenters. The number of imide groups is 1. The predicted molar refractivity (Wildman–Crippen MR) is 82.4 cm³/mol. The van der Waals surface area contributed by atoms with Crippen LogP contribution in [0.1, 0.15) is 23.7 Å². The molecule has 1 fully saturated rings. The first-order chi connectivity index (χ1) is 9.43. The molecule has 1 aliphatic rings. The SMILES string of the molecule is CCC1C(=O)NC(=O)CN1C(=O)c1cc(Cl)ccc1I. The highest BCUT2D eigenvalue weighted by atomic mass is 127. The number of hydrogen-bond acceptors (Lipinski definition) is 3. The second kappa shape index (κ2) is 6.09. The Hall–Kier alpha value is -1.15. The van der Waals surface area contributed by atoms with E-state index in [2.05, 4.69) is 5.32 Å². The molecule has 1 aromatic rings. The van der Waals surface area contributed by atoms with Crippen molar-refractivity contribution in [1.29, 1.82) is 0 Å². The van der Waals surface area contributed by atoms with Crippen LogP contribution in [0.15, 0.2) is 18.2 Å². The molecule has 1 saturated heterocycles. The molecule has 1 aliphatic heterocycles. The summed E-state index contributed by atoms with van der Waals surface area (Å²) < 4.78 is 0.727. The Labute approximate surface area is 134 Å². The van der Waals surface area contributed by atoms with Crippen molar-refractivity contribution < 1.29 is 14.4 Å². The summed E-state index contributed by atoms with van der Waals surface area (Å²) >= 11 is 7.93. The Morgan fingerprint density at radius 1 is 1.50 bits per heavy atom. The van der Waals surface area contributed by atoms with E-state index >= 15 is 0 Å². The molecule has 0 aromatic heterocycles. The summed E-state index contributed by atoms with van der Waals surface area (Å²) in [6.45, 7) is 1.68. The van der Waals surface area contributed by atoms with Crippen molar-refractivity contribution in [2.24, 2.45) is 0 Å². The fourth-order valence-electron chi connectivity index (χ4n) is 2.10. The van der Waals surface area contributed by atoms with E-state index in [0.29, 0.717) is 17.0 Å².